The normalized spacial score (nSPS) is 13.9. The number of carbonyl (C=O) groups is 1. The van der Waals surface area contributed by atoms with E-state index in [0.29, 0.717) is 31.7 Å². The summed E-state index contributed by atoms with van der Waals surface area (Å²) >= 11 is 0. The van der Waals surface area contributed by atoms with Crippen LogP contribution in [0.25, 0.3) is 6.08 Å². The number of hydrogen-bond acceptors (Lipinski definition) is 5. The molecule has 0 atom stereocenters. The van der Waals surface area contributed by atoms with Crippen LogP contribution in [0.4, 0.5) is 5.69 Å². The van der Waals surface area contributed by atoms with Gasteiger partial charge in [0.25, 0.3) is 11.5 Å². The van der Waals surface area contributed by atoms with Crippen molar-refractivity contribution in [1.29, 1.82) is 0 Å². The van der Waals surface area contributed by atoms with Gasteiger partial charge in [0, 0.05) is 51.7 Å². The number of aryl methyl sites for hydroxylation is 1. The van der Waals surface area contributed by atoms with Crippen LogP contribution < -0.4 is 16.1 Å². The molecule has 0 bridgehead atoms. The third kappa shape index (κ3) is 4.13. The largest absolute Gasteiger partial charge is 0.330 e. The molecular formula is C21H26N4O5S. The minimum absolute atomic E-state index is 0.216. The number of fused-ring (bicyclic) bond motifs is 1. The van der Waals surface area contributed by atoms with E-state index < -0.39 is 21.3 Å². The zero-order chi connectivity index (χ0) is 22.9. The maximum absolute atomic E-state index is 12.8. The molecule has 2 heterocycles. The van der Waals surface area contributed by atoms with Gasteiger partial charge in [0.2, 0.25) is 10.0 Å². The number of benzene rings is 1. The minimum atomic E-state index is -3.57. The Balaban J connectivity index is 1.87. The van der Waals surface area contributed by atoms with Crippen LogP contribution in [-0.4, -0.2) is 47.4 Å². The predicted octanol–water partition coefficient (Wildman–Crippen LogP) is 0.717. The van der Waals surface area contributed by atoms with Gasteiger partial charge >= 0.3 is 5.69 Å². The summed E-state index contributed by atoms with van der Waals surface area (Å²) in [6.07, 6.45) is 4.60. The fourth-order valence-corrected chi connectivity index (χ4v) is 5.19. The first kappa shape index (κ1) is 22.7. The number of rotatable bonds is 6. The Morgan fingerprint density at radius 1 is 1.16 bits per heavy atom. The average molecular weight is 447 g/mol. The van der Waals surface area contributed by atoms with Crippen molar-refractivity contribution in [2.75, 3.05) is 24.5 Å². The zero-order valence-electron chi connectivity index (χ0n) is 18.0. The van der Waals surface area contributed by atoms with Crippen molar-refractivity contribution in [3.63, 3.8) is 0 Å². The van der Waals surface area contributed by atoms with Crippen LogP contribution in [-0.2, 0) is 35.3 Å². The maximum atomic E-state index is 12.8. The molecule has 0 radical (unpaired) electrons. The summed E-state index contributed by atoms with van der Waals surface area (Å²) in [6.45, 7) is 4.77. The molecule has 3 rings (SSSR count). The van der Waals surface area contributed by atoms with Gasteiger partial charge in [0.05, 0.1) is 10.5 Å². The fraction of sp³-hybridized carbons (Fsp3) is 0.381. The van der Waals surface area contributed by atoms with Crippen LogP contribution >= 0.6 is 0 Å². The monoisotopic (exact) mass is 446 g/mol. The van der Waals surface area contributed by atoms with E-state index in [9.17, 15) is 22.8 Å². The lowest BCUT2D eigenvalue weighted by Gasteiger charge is -2.19. The van der Waals surface area contributed by atoms with E-state index in [2.05, 4.69) is 0 Å². The van der Waals surface area contributed by atoms with E-state index >= 15 is 0 Å². The lowest BCUT2D eigenvalue weighted by molar-refractivity contribution is -0.114. The number of aromatic nitrogens is 2. The van der Waals surface area contributed by atoms with Gasteiger partial charge in [0.15, 0.2) is 0 Å². The van der Waals surface area contributed by atoms with Gasteiger partial charge in [-0.1, -0.05) is 13.8 Å². The Hall–Kier alpha value is -2.98. The van der Waals surface area contributed by atoms with Crippen molar-refractivity contribution < 1.29 is 13.2 Å². The molecule has 9 nitrogen and oxygen atoms in total. The summed E-state index contributed by atoms with van der Waals surface area (Å²) in [5.74, 6) is -0.325. The molecule has 2 aromatic rings. The Morgan fingerprint density at radius 2 is 1.84 bits per heavy atom. The highest BCUT2D eigenvalue weighted by atomic mass is 32.2. The number of anilines is 1. The molecule has 31 heavy (non-hydrogen) atoms. The third-order valence-corrected chi connectivity index (χ3v) is 7.48. The number of hydrogen-bond donors (Lipinski definition) is 0. The van der Waals surface area contributed by atoms with Crippen molar-refractivity contribution in [3.05, 3.63) is 62.4 Å². The smallest absolute Gasteiger partial charge is 0.308 e. The molecule has 1 aliphatic heterocycles. The van der Waals surface area contributed by atoms with E-state index in [1.54, 1.807) is 30.9 Å². The first-order valence-corrected chi connectivity index (χ1v) is 11.4. The second-order valence-electron chi connectivity index (χ2n) is 7.30. The van der Waals surface area contributed by atoms with Crippen molar-refractivity contribution in [2.24, 2.45) is 14.1 Å². The van der Waals surface area contributed by atoms with E-state index in [4.69, 9.17) is 0 Å². The van der Waals surface area contributed by atoms with Crippen LogP contribution in [0.15, 0.2) is 45.0 Å². The summed E-state index contributed by atoms with van der Waals surface area (Å²) in [5, 5.41) is 0. The molecule has 1 amide bonds. The molecule has 1 aromatic heterocycles. The quantitative estimate of drug-likeness (QED) is 0.609. The Kier molecular flexibility index (Phi) is 6.33. The Morgan fingerprint density at radius 3 is 2.48 bits per heavy atom. The Labute approximate surface area is 180 Å². The van der Waals surface area contributed by atoms with Crippen molar-refractivity contribution in [1.82, 2.24) is 13.4 Å². The standard InChI is InChI=1S/C21H26N4O5S/c1-5-24(6-2)31(29,30)17-8-9-18-15(13-17)11-12-25(18)19(26)10-7-16-14-22(3)21(28)23(4)20(16)27/h7-10,13-14H,5-6,11-12H2,1-4H3/b10-7+. The number of nitrogens with zero attached hydrogens (tertiary/aromatic N) is 4. The van der Waals surface area contributed by atoms with Gasteiger partial charge in [-0.05, 0) is 36.3 Å². The molecule has 166 valence electrons. The molecule has 0 saturated carbocycles. The summed E-state index contributed by atoms with van der Waals surface area (Å²) in [6, 6.07) is 4.79. The van der Waals surface area contributed by atoms with Gasteiger partial charge in [-0.15, -0.1) is 0 Å². The number of carbonyl (C=O) groups excluding carboxylic acids is 1. The van der Waals surface area contributed by atoms with Crippen LogP contribution in [0, 0.1) is 0 Å². The predicted molar refractivity (Wildman–Crippen MR) is 119 cm³/mol. The minimum Gasteiger partial charge on any atom is -0.308 e. The first-order valence-electron chi connectivity index (χ1n) is 10.0. The molecular weight excluding hydrogens is 420 g/mol. The lowest BCUT2D eigenvalue weighted by Crippen LogP contribution is -2.37. The van der Waals surface area contributed by atoms with Gasteiger partial charge in [-0.3, -0.25) is 14.2 Å². The van der Waals surface area contributed by atoms with Gasteiger partial charge in [0.1, 0.15) is 0 Å². The highest BCUT2D eigenvalue weighted by molar-refractivity contribution is 7.89. The second-order valence-corrected chi connectivity index (χ2v) is 9.23. The number of amides is 1. The van der Waals surface area contributed by atoms with Crippen molar-refractivity contribution in [3.8, 4) is 0 Å². The third-order valence-electron chi connectivity index (χ3n) is 5.43. The summed E-state index contributed by atoms with van der Waals surface area (Å²) < 4.78 is 29.2. The molecule has 0 saturated heterocycles. The summed E-state index contributed by atoms with van der Waals surface area (Å²) in [7, 11) is -0.664. The van der Waals surface area contributed by atoms with Gasteiger partial charge in [-0.2, -0.15) is 4.31 Å². The summed E-state index contributed by atoms with van der Waals surface area (Å²) in [4.78, 5) is 38.5. The topological polar surface area (TPSA) is 102 Å². The highest BCUT2D eigenvalue weighted by Crippen LogP contribution is 2.31. The Bertz CT molecular complexity index is 1270. The maximum Gasteiger partial charge on any atom is 0.330 e. The average Bonchev–Trinajstić information content (AvgIpc) is 3.17. The number of sulfonamides is 1. The van der Waals surface area contributed by atoms with Crippen molar-refractivity contribution >= 4 is 27.7 Å². The van der Waals surface area contributed by atoms with Gasteiger partial charge < -0.3 is 9.47 Å². The highest BCUT2D eigenvalue weighted by Gasteiger charge is 2.27. The molecule has 0 fully saturated rings. The molecule has 1 aliphatic rings. The molecule has 0 aliphatic carbocycles. The molecule has 10 heteroatoms. The fourth-order valence-electron chi connectivity index (χ4n) is 3.68. The van der Waals surface area contributed by atoms with E-state index in [1.165, 1.54) is 47.4 Å². The van der Waals surface area contributed by atoms with Crippen LogP contribution in [0.5, 0.6) is 0 Å². The van der Waals surface area contributed by atoms with Crippen LogP contribution in [0.1, 0.15) is 25.0 Å². The molecule has 0 spiro atoms. The summed E-state index contributed by atoms with van der Waals surface area (Å²) in [5.41, 5.74) is 0.727. The van der Waals surface area contributed by atoms with Crippen LogP contribution in [0.2, 0.25) is 0 Å². The van der Waals surface area contributed by atoms with Gasteiger partial charge in [-0.25, -0.2) is 13.2 Å². The van der Waals surface area contributed by atoms with E-state index in [-0.39, 0.29) is 16.4 Å². The lowest BCUT2D eigenvalue weighted by atomic mass is 10.2. The molecule has 0 N–H and O–H groups in total. The van der Waals surface area contributed by atoms with Crippen LogP contribution in [0.3, 0.4) is 0 Å². The SMILES string of the molecule is CCN(CC)S(=O)(=O)c1ccc2c(c1)CCN2C(=O)/C=C/c1cn(C)c(=O)n(C)c1=O. The first-order chi connectivity index (χ1) is 14.6. The molecule has 1 aromatic carbocycles. The zero-order valence-corrected chi connectivity index (χ0v) is 18.8. The molecule has 0 unspecified atom stereocenters. The van der Waals surface area contributed by atoms with E-state index in [1.807, 2.05) is 0 Å². The van der Waals surface area contributed by atoms with Crippen molar-refractivity contribution in [2.45, 2.75) is 25.2 Å². The van der Waals surface area contributed by atoms with E-state index in [0.717, 1.165) is 10.1 Å². The second kappa shape index (κ2) is 8.64.